The summed E-state index contributed by atoms with van der Waals surface area (Å²) in [7, 11) is 0. The molecule has 2 heterocycles. The van der Waals surface area contributed by atoms with Crippen molar-refractivity contribution in [2.24, 2.45) is 5.73 Å². The first kappa shape index (κ1) is 10.8. The van der Waals surface area contributed by atoms with Gasteiger partial charge in [-0.05, 0) is 49.9 Å². The standard InChI is InChI=1S/C14H19N3/c1-9(8-15)12-5-6-17-13(7-12)10(2)16-14(17)11-3-4-11/h5-7,9,11H,3-4,8,15H2,1-2H3. The summed E-state index contributed by atoms with van der Waals surface area (Å²) < 4.78 is 2.25. The van der Waals surface area contributed by atoms with Crippen LogP contribution >= 0.6 is 0 Å². The lowest BCUT2D eigenvalue weighted by Crippen LogP contribution is -2.09. The van der Waals surface area contributed by atoms with Gasteiger partial charge in [-0.2, -0.15) is 0 Å². The molecule has 2 aromatic heterocycles. The average molecular weight is 229 g/mol. The third-order valence-electron chi connectivity index (χ3n) is 3.74. The quantitative estimate of drug-likeness (QED) is 0.879. The van der Waals surface area contributed by atoms with Gasteiger partial charge in [0.25, 0.3) is 0 Å². The molecule has 0 amide bonds. The Morgan fingerprint density at radius 3 is 2.94 bits per heavy atom. The summed E-state index contributed by atoms with van der Waals surface area (Å²) >= 11 is 0. The Morgan fingerprint density at radius 2 is 2.29 bits per heavy atom. The smallest absolute Gasteiger partial charge is 0.116 e. The molecule has 1 aliphatic rings. The minimum atomic E-state index is 0.415. The van der Waals surface area contributed by atoms with E-state index in [-0.39, 0.29) is 0 Å². The van der Waals surface area contributed by atoms with Gasteiger partial charge in [-0.15, -0.1) is 0 Å². The first-order valence-corrected chi connectivity index (χ1v) is 6.39. The Labute approximate surface area is 102 Å². The van der Waals surface area contributed by atoms with E-state index in [1.54, 1.807) is 0 Å². The molecule has 1 aliphatic carbocycles. The number of nitrogens with two attached hydrogens (primary N) is 1. The van der Waals surface area contributed by atoms with E-state index in [1.165, 1.54) is 29.7 Å². The van der Waals surface area contributed by atoms with Gasteiger partial charge in [-0.3, -0.25) is 0 Å². The molecule has 1 unspecified atom stereocenters. The molecule has 90 valence electrons. The second-order valence-electron chi connectivity index (χ2n) is 5.18. The predicted octanol–water partition coefficient (Wildman–Crippen LogP) is 2.58. The summed E-state index contributed by atoms with van der Waals surface area (Å²) in [6.45, 7) is 4.95. The summed E-state index contributed by atoms with van der Waals surface area (Å²) in [5, 5.41) is 0. The minimum Gasteiger partial charge on any atom is -0.330 e. The lowest BCUT2D eigenvalue weighted by molar-refractivity contribution is 0.771. The molecule has 1 atom stereocenters. The van der Waals surface area contributed by atoms with Crippen LogP contribution in [-0.4, -0.2) is 15.9 Å². The molecule has 0 aliphatic heterocycles. The summed E-state index contributed by atoms with van der Waals surface area (Å²) in [5.74, 6) is 2.34. The highest BCUT2D eigenvalue weighted by Gasteiger charge is 2.28. The van der Waals surface area contributed by atoms with Gasteiger partial charge in [-0.25, -0.2) is 4.98 Å². The van der Waals surface area contributed by atoms with Crippen LogP contribution in [0.3, 0.4) is 0 Å². The molecule has 17 heavy (non-hydrogen) atoms. The van der Waals surface area contributed by atoms with E-state index < -0.39 is 0 Å². The Bertz CT molecular complexity index is 552. The summed E-state index contributed by atoms with van der Waals surface area (Å²) in [6, 6.07) is 4.42. The van der Waals surface area contributed by atoms with Crippen LogP contribution in [0.15, 0.2) is 18.3 Å². The zero-order chi connectivity index (χ0) is 12.0. The molecule has 3 nitrogen and oxygen atoms in total. The third kappa shape index (κ3) is 1.75. The molecular weight excluding hydrogens is 210 g/mol. The number of aromatic nitrogens is 2. The predicted molar refractivity (Wildman–Crippen MR) is 69.4 cm³/mol. The van der Waals surface area contributed by atoms with Crippen LogP contribution in [0, 0.1) is 6.92 Å². The third-order valence-corrected chi connectivity index (χ3v) is 3.74. The number of pyridine rings is 1. The van der Waals surface area contributed by atoms with Crippen LogP contribution in [-0.2, 0) is 0 Å². The Hall–Kier alpha value is -1.35. The lowest BCUT2D eigenvalue weighted by atomic mass is 10.0. The van der Waals surface area contributed by atoms with Gasteiger partial charge in [0, 0.05) is 12.1 Å². The number of aryl methyl sites for hydroxylation is 1. The highest BCUT2D eigenvalue weighted by Crippen LogP contribution is 2.40. The molecule has 0 aromatic carbocycles. The number of fused-ring (bicyclic) bond motifs is 1. The van der Waals surface area contributed by atoms with E-state index in [2.05, 4.69) is 36.6 Å². The second-order valence-corrected chi connectivity index (χ2v) is 5.18. The SMILES string of the molecule is Cc1nc(C2CC2)n2ccc(C(C)CN)cc12. The van der Waals surface area contributed by atoms with Gasteiger partial charge in [0.2, 0.25) is 0 Å². The van der Waals surface area contributed by atoms with Crippen molar-refractivity contribution in [3.63, 3.8) is 0 Å². The largest absolute Gasteiger partial charge is 0.330 e. The van der Waals surface area contributed by atoms with E-state index in [1.807, 2.05) is 0 Å². The van der Waals surface area contributed by atoms with Gasteiger partial charge in [-0.1, -0.05) is 6.92 Å². The van der Waals surface area contributed by atoms with Crippen LogP contribution in [0.4, 0.5) is 0 Å². The zero-order valence-electron chi connectivity index (χ0n) is 10.5. The van der Waals surface area contributed by atoms with Crippen LogP contribution in [0.5, 0.6) is 0 Å². The molecule has 0 saturated heterocycles. The van der Waals surface area contributed by atoms with Crippen LogP contribution < -0.4 is 5.73 Å². The molecule has 3 rings (SSSR count). The van der Waals surface area contributed by atoms with Gasteiger partial charge in [0.15, 0.2) is 0 Å². The first-order valence-electron chi connectivity index (χ1n) is 6.39. The molecule has 0 radical (unpaired) electrons. The fourth-order valence-electron chi connectivity index (χ4n) is 2.35. The van der Waals surface area contributed by atoms with Crippen LogP contribution in [0.25, 0.3) is 5.52 Å². The van der Waals surface area contributed by atoms with Gasteiger partial charge in [0.1, 0.15) is 5.82 Å². The highest BCUT2D eigenvalue weighted by atomic mass is 15.0. The average Bonchev–Trinajstić information content (AvgIpc) is 3.14. The van der Waals surface area contributed by atoms with Crippen LogP contribution in [0.2, 0.25) is 0 Å². The summed E-state index contributed by atoms with van der Waals surface area (Å²) in [5.41, 5.74) is 9.42. The molecular formula is C14H19N3. The first-order chi connectivity index (χ1) is 8.20. The maximum absolute atomic E-state index is 5.73. The minimum absolute atomic E-state index is 0.415. The van der Waals surface area contributed by atoms with Crippen molar-refractivity contribution in [3.05, 3.63) is 35.4 Å². The van der Waals surface area contributed by atoms with Gasteiger partial charge < -0.3 is 10.1 Å². The van der Waals surface area contributed by atoms with Gasteiger partial charge >= 0.3 is 0 Å². The molecule has 2 aromatic rings. The van der Waals surface area contributed by atoms with E-state index in [4.69, 9.17) is 10.7 Å². The van der Waals surface area contributed by atoms with Crippen molar-refractivity contribution >= 4 is 5.52 Å². The van der Waals surface area contributed by atoms with Crippen molar-refractivity contribution in [3.8, 4) is 0 Å². The molecule has 2 N–H and O–H groups in total. The highest BCUT2D eigenvalue weighted by molar-refractivity contribution is 5.55. The zero-order valence-corrected chi connectivity index (χ0v) is 10.5. The molecule has 1 saturated carbocycles. The lowest BCUT2D eigenvalue weighted by Gasteiger charge is -2.09. The number of hydrogen-bond acceptors (Lipinski definition) is 2. The van der Waals surface area contributed by atoms with Crippen molar-refractivity contribution < 1.29 is 0 Å². The monoisotopic (exact) mass is 229 g/mol. The number of imidazole rings is 1. The van der Waals surface area contributed by atoms with Crippen molar-refractivity contribution in [2.75, 3.05) is 6.54 Å². The van der Waals surface area contributed by atoms with Crippen molar-refractivity contribution in [1.29, 1.82) is 0 Å². The molecule has 0 bridgehead atoms. The topological polar surface area (TPSA) is 43.3 Å². The molecule has 1 fully saturated rings. The molecule has 3 heteroatoms. The van der Waals surface area contributed by atoms with Crippen molar-refractivity contribution in [2.45, 2.75) is 38.5 Å². The molecule has 0 spiro atoms. The van der Waals surface area contributed by atoms with E-state index >= 15 is 0 Å². The van der Waals surface area contributed by atoms with Crippen molar-refractivity contribution in [1.82, 2.24) is 9.38 Å². The van der Waals surface area contributed by atoms with E-state index in [0.29, 0.717) is 18.4 Å². The van der Waals surface area contributed by atoms with E-state index in [9.17, 15) is 0 Å². The number of rotatable bonds is 3. The number of nitrogens with zero attached hydrogens (tertiary/aromatic N) is 2. The Balaban J connectivity index is 2.13. The Morgan fingerprint density at radius 1 is 1.53 bits per heavy atom. The summed E-state index contributed by atoms with van der Waals surface area (Å²) in [6.07, 6.45) is 4.74. The Kier molecular flexibility index (Phi) is 2.44. The fraction of sp³-hybridized carbons (Fsp3) is 0.500. The second kappa shape index (κ2) is 3.84. The normalized spacial score (nSPS) is 17.6. The van der Waals surface area contributed by atoms with E-state index in [0.717, 1.165) is 5.69 Å². The maximum atomic E-state index is 5.73. The van der Waals surface area contributed by atoms with Gasteiger partial charge in [0.05, 0.1) is 11.2 Å². The summed E-state index contributed by atoms with van der Waals surface area (Å²) in [4.78, 5) is 4.71. The van der Waals surface area contributed by atoms with Crippen LogP contribution in [0.1, 0.15) is 48.7 Å². The maximum Gasteiger partial charge on any atom is 0.116 e. The fourth-order valence-corrected chi connectivity index (χ4v) is 2.35. The number of hydrogen-bond donors (Lipinski definition) is 1.